The Labute approximate surface area is 111 Å². The second-order valence-corrected chi connectivity index (χ2v) is 4.46. The zero-order valence-corrected chi connectivity index (χ0v) is 12.1. The molecule has 0 bridgehead atoms. The highest BCUT2D eigenvalue weighted by Crippen LogP contribution is 2.09. The molecule has 0 saturated carbocycles. The van der Waals surface area contributed by atoms with E-state index in [0.29, 0.717) is 12.6 Å². The molecule has 102 valence electrons. The standard InChI is InChI=1S/C12H25N3O.ClH/c1-4-15(5-2)12(16)10-14(3)11-6-8-13-9-7-11;/h11,13H,4-10H2,1-3H3;1H. The number of halogens is 1. The Bertz CT molecular complexity index is 216. The fourth-order valence-electron chi connectivity index (χ4n) is 2.27. The Kier molecular flexibility index (Phi) is 8.56. The summed E-state index contributed by atoms with van der Waals surface area (Å²) in [6.45, 7) is 8.41. The van der Waals surface area contributed by atoms with Gasteiger partial charge in [-0.2, -0.15) is 0 Å². The van der Waals surface area contributed by atoms with Crippen LogP contribution in [0.5, 0.6) is 0 Å². The average Bonchev–Trinajstić information content (AvgIpc) is 2.31. The number of nitrogens with zero attached hydrogens (tertiary/aromatic N) is 2. The first kappa shape index (κ1) is 16.7. The molecule has 0 unspecified atom stereocenters. The summed E-state index contributed by atoms with van der Waals surface area (Å²) in [7, 11) is 2.07. The number of hydrogen-bond donors (Lipinski definition) is 1. The quantitative estimate of drug-likeness (QED) is 0.803. The van der Waals surface area contributed by atoms with Gasteiger partial charge in [0, 0.05) is 19.1 Å². The van der Waals surface area contributed by atoms with Gasteiger partial charge in [0.1, 0.15) is 0 Å². The van der Waals surface area contributed by atoms with Crippen molar-refractivity contribution >= 4 is 18.3 Å². The van der Waals surface area contributed by atoms with Gasteiger partial charge in [-0.25, -0.2) is 0 Å². The van der Waals surface area contributed by atoms with Gasteiger partial charge >= 0.3 is 0 Å². The van der Waals surface area contributed by atoms with Crippen molar-refractivity contribution in [3.05, 3.63) is 0 Å². The molecule has 1 amide bonds. The molecule has 0 atom stereocenters. The lowest BCUT2D eigenvalue weighted by atomic mass is 10.1. The molecule has 0 aromatic rings. The fourth-order valence-corrected chi connectivity index (χ4v) is 2.27. The minimum Gasteiger partial charge on any atom is -0.342 e. The van der Waals surface area contributed by atoms with Crippen molar-refractivity contribution in [2.75, 3.05) is 39.8 Å². The minimum absolute atomic E-state index is 0. The van der Waals surface area contributed by atoms with Gasteiger partial charge in [0.05, 0.1) is 6.54 Å². The molecule has 0 spiro atoms. The fraction of sp³-hybridized carbons (Fsp3) is 0.917. The summed E-state index contributed by atoms with van der Waals surface area (Å²) < 4.78 is 0. The van der Waals surface area contributed by atoms with E-state index >= 15 is 0 Å². The Morgan fingerprint density at radius 3 is 2.24 bits per heavy atom. The van der Waals surface area contributed by atoms with Crippen LogP contribution in [0.3, 0.4) is 0 Å². The van der Waals surface area contributed by atoms with Crippen LogP contribution < -0.4 is 5.32 Å². The second kappa shape index (κ2) is 8.72. The normalized spacial score (nSPS) is 16.7. The number of piperidine rings is 1. The van der Waals surface area contributed by atoms with Crippen LogP contribution >= 0.6 is 12.4 Å². The minimum atomic E-state index is 0. The van der Waals surface area contributed by atoms with E-state index in [4.69, 9.17) is 0 Å². The predicted octanol–water partition coefficient (Wildman–Crippen LogP) is 0.960. The maximum Gasteiger partial charge on any atom is 0.236 e. The molecule has 1 aliphatic heterocycles. The molecule has 1 aliphatic rings. The van der Waals surface area contributed by atoms with Gasteiger partial charge in [0.25, 0.3) is 0 Å². The molecule has 1 rings (SSSR count). The number of amides is 1. The molecule has 0 aromatic heterocycles. The lowest BCUT2D eigenvalue weighted by Crippen LogP contribution is -2.46. The Morgan fingerprint density at radius 2 is 1.76 bits per heavy atom. The molecule has 0 aromatic carbocycles. The molecule has 5 heteroatoms. The number of rotatable bonds is 5. The zero-order valence-electron chi connectivity index (χ0n) is 11.2. The highest BCUT2D eigenvalue weighted by molar-refractivity contribution is 5.85. The Morgan fingerprint density at radius 1 is 1.24 bits per heavy atom. The van der Waals surface area contributed by atoms with E-state index in [2.05, 4.69) is 17.3 Å². The zero-order chi connectivity index (χ0) is 12.0. The molecule has 17 heavy (non-hydrogen) atoms. The lowest BCUT2D eigenvalue weighted by molar-refractivity contribution is -0.132. The van der Waals surface area contributed by atoms with Crippen LogP contribution in [0.1, 0.15) is 26.7 Å². The summed E-state index contributed by atoms with van der Waals surface area (Å²) in [6, 6.07) is 0.570. The van der Waals surface area contributed by atoms with Crippen molar-refractivity contribution in [2.45, 2.75) is 32.7 Å². The average molecular weight is 264 g/mol. The van der Waals surface area contributed by atoms with Crippen LogP contribution in [-0.4, -0.2) is 61.5 Å². The molecule has 0 radical (unpaired) electrons. The van der Waals surface area contributed by atoms with Crippen LogP contribution in [0.4, 0.5) is 0 Å². The highest BCUT2D eigenvalue weighted by Gasteiger charge is 2.21. The predicted molar refractivity (Wildman–Crippen MR) is 73.7 cm³/mol. The first-order valence-corrected chi connectivity index (χ1v) is 6.37. The van der Waals surface area contributed by atoms with E-state index in [1.54, 1.807) is 0 Å². The van der Waals surface area contributed by atoms with Gasteiger partial charge in [-0.15, -0.1) is 12.4 Å². The first-order valence-electron chi connectivity index (χ1n) is 6.37. The van der Waals surface area contributed by atoms with Crippen molar-refractivity contribution in [1.29, 1.82) is 0 Å². The number of hydrogen-bond acceptors (Lipinski definition) is 3. The second-order valence-electron chi connectivity index (χ2n) is 4.46. The molecule has 1 heterocycles. The van der Waals surface area contributed by atoms with Crippen molar-refractivity contribution in [3.8, 4) is 0 Å². The van der Waals surface area contributed by atoms with Crippen molar-refractivity contribution in [1.82, 2.24) is 15.1 Å². The summed E-state index contributed by atoms with van der Waals surface area (Å²) >= 11 is 0. The van der Waals surface area contributed by atoms with Crippen molar-refractivity contribution in [2.24, 2.45) is 0 Å². The van der Waals surface area contributed by atoms with E-state index in [-0.39, 0.29) is 18.3 Å². The van der Waals surface area contributed by atoms with Gasteiger partial charge in [0.15, 0.2) is 0 Å². The molecular weight excluding hydrogens is 238 g/mol. The first-order chi connectivity index (χ1) is 7.69. The lowest BCUT2D eigenvalue weighted by Gasteiger charge is -2.32. The number of nitrogens with one attached hydrogen (secondary N) is 1. The molecule has 1 N–H and O–H groups in total. The van der Waals surface area contributed by atoms with Crippen molar-refractivity contribution < 1.29 is 4.79 Å². The molecule has 1 saturated heterocycles. The summed E-state index contributed by atoms with van der Waals surface area (Å²) in [5.74, 6) is 0.256. The summed E-state index contributed by atoms with van der Waals surface area (Å²) in [5.41, 5.74) is 0. The van der Waals surface area contributed by atoms with E-state index < -0.39 is 0 Å². The third kappa shape index (κ3) is 5.23. The van der Waals surface area contributed by atoms with E-state index in [9.17, 15) is 4.79 Å². The maximum absolute atomic E-state index is 11.9. The van der Waals surface area contributed by atoms with Gasteiger partial charge < -0.3 is 10.2 Å². The van der Waals surface area contributed by atoms with Crippen molar-refractivity contribution in [3.63, 3.8) is 0 Å². The van der Waals surface area contributed by atoms with E-state index in [1.807, 2.05) is 18.7 Å². The molecule has 4 nitrogen and oxygen atoms in total. The molecular formula is C12H26ClN3O. The van der Waals surface area contributed by atoms with Crippen LogP contribution in [0.25, 0.3) is 0 Å². The van der Waals surface area contributed by atoms with E-state index in [0.717, 1.165) is 39.0 Å². The largest absolute Gasteiger partial charge is 0.342 e. The monoisotopic (exact) mass is 263 g/mol. The van der Waals surface area contributed by atoms with Crippen LogP contribution in [0, 0.1) is 0 Å². The topological polar surface area (TPSA) is 35.6 Å². The summed E-state index contributed by atoms with van der Waals surface area (Å²) in [6.07, 6.45) is 2.31. The van der Waals surface area contributed by atoms with Gasteiger partial charge in [-0.1, -0.05) is 0 Å². The van der Waals surface area contributed by atoms with Gasteiger partial charge in [-0.05, 0) is 46.8 Å². The summed E-state index contributed by atoms with van der Waals surface area (Å²) in [5, 5.41) is 3.35. The third-order valence-corrected chi connectivity index (χ3v) is 3.43. The molecule has 1 fully saturated rings. The van der Waals surface area contributed by atoms with E-state index in [1.165, 1.54) is 0 Å². The highest BCUT2D eigenvalue weighted by atomic mass is 35.5. The van der Waals surface area contributed by atoms with Crippen LogP contribution in [0.15, 0.2) is 0 Å². The maximum atomic E-state index is 11.9. The van der Waals surface area contributed by atoms with Gasteiger partial charge in [0.2, 0.25) is 5.91 Å². The number of carbonyl (C=O) groups is 1. The Balaban J connectivity index is 0.00000256. The Hall–Kier alpha value is -0.320. The van der Waals surface area contributed by atoms with Gasteiger partial charge in [-0.3, -0.25) is 9.69 Å². The number of likely N-dealkylation sites (N-methyl/N-ethyl adjacent to an activating group) is 2. The third-order valence-electron chi connectivity index (χ3n) is 3.43. The summed E-state index contributed by atoms with van der Waals surface area (Å²) in [4.78, 5) is 16.0. The SMILES string of the molecule is CCN(CC)C(=O)CN(C)C1CCNCC1.Cl. The molecule has 0 aliphatic carbocycles. The van der Waals surface area contributed by atoms with Crippen LogP contribution in [-0.2, 0) is 4.79 Å². The number of carbonyl (C=O) groups excluding carboxylic acids is 1. The van der Waals surface area contributed by atoms with Crippen LogP contribution in [0.2, 0.25) is 0 Å². The smallest absolute Gasteiger partial charge is 0.236 e.